The number of thiazole rings is 1. The zero-order chi connectivity index (χ0) is 14.3. The van der Waals surface area contributed by atoms with Crippen LogP contribution in [0.3, 0.4) is 0 Å². The van der Waals surface area contributed by atoms with Crippen LogP contribution in [0.4, 0.5) is 5.13 Å². The zero-order valence-electron chi connectivity index (χ0n) is 11.6. The van der Waals surface area contributed by atoms with E-state index < -0.39 is 0 Å². The van der Waals surface area contributed by atoms with E-state index in [0.29, 0.717) is 5.75 Å². The molecule has 0 unspecified atom stereocenters. The average Bonchev–Trinajstić information content (AvgIpc) is 2.92. The highest BCUT2D eigenvalue weighted by molar-refractivity contribution is 7.22. The number of nitrogens with zero attached hydrogens (tertiary/aromatic N) is 3. The van der Waals surface area contributed by atoms with Crippen LogP contribution in [0.5, 0.6) is 5.75 Å². The summed E-state index contributed by atoms with van der Waals surface area (Å²) in [6, 6.07) is 7.33. The van der Waals surface area contributed by atoms with Crippen molar-refractivity contribution in [2.24, 2.45) is 7.05 Å². The highest BCUT2D eigenvalue weighted by Gasteiger charge is 2.15. The molecule has 3 rings (SSSR count). The molecule has 0 radical (unpaired) electrons. The summed E-state index contributed by atoms with van der Waals surface area (Å²) < 4.78 is 2.89. The molecule has 0 saturated heterocycles. The lowest BCUT2D eigenvalue weighted by molar-refractivity contribution is 0.465. The first kappa shape index (κ1) is 12.9. The smallest absolute Gasteiger partial charge is 0.185 e. The van der Waals surface area contributed by atoms with E-state index in [2.05, 4.69) is 15.4 Å². The molecule has 0 aliphatic heterocycles. The maximum Gasteiger partial charge on any atom is 0.185 e. The Morgan fingerprint density at radius 1 is 1.35 bits per heavy atom. The van der Waals surface area contributed by atoms with Crippen LogP contribution in [0.1, 0.15) is 24.2 Å². The fraction of sp³-hybridized carbons (Fsp3) is 0.286. The second-order valence-corrected chi connectivity index (χ2v) is 5.80. The van der Waals surface area contributed by atoms with Gasteiger partial charge in [-0.1, -0.05) is 29.5 Å². The minimum Gasteiger partial charge on any atom is -0.508 e. The van der Waals surface area contributed by atoms with E-state index in [1.807, 2.05) is 39.1 Å². The zero-order valence-corrected chi connectivity index (χ0v) is 12.4. The second-order valence-electron chi connectivity index (χ2n) is 4.81. The van der Waals surface area contributed by atoms with Crippen molar-refractivity contribution in [2.75, 3.05) is 5.32 Å². The predicted octanol–water partition coefficient (Wildman–Crippen LogP) is 3.22. The second kappa shape index (κ2) is 4.79. The van der Waals surface area contributed by atoms with E-state index in [1.165, 1.54) is 0 Å². The summed E-state index contributed by atoms with van der Waals surface area (Å²) in [6.45, 7) is 3.99. The van der Waals surface area contributed by atoms with Gasteiger partial charge in [0.2, 0.25) is 0 Å². The summed E-state index contributed by atoms with van der Waals surface area (Å²) in [5, 5.41) is 18.4. The Kier molecular flexibility index (Phi) is 3.10. The number of para-hydroxylation sites is 1. The van der Waals surface area contributed by atoms with Crippen LogP contribution in [-0.2, 0) is 7.05 Å². The third-order valence-electron chi connectivity index (χ3n) is 3.29. The van der Waals surface area contributed by atoms with Gasteiger partial charge >= 0.3 is 0 Å². The number of hydrogen-bond donors (Lipinski definition) is 2. The van der Waals surface area contributed by atoms with E-state index in [1.54, 1.807) is 22.1 Å². The molecule has 0 aliphatic rings. The third-order valence-corrected chi connectivity index (χ3v) is 4.37. The summed E-state index contributed by atoms with van der Waals surface area (Å²) in [4.78, 5) is 4.55. The van der Waals surface area contributed by atoms with Gasteiger partial charge in [-0.05, 0) is 19.9 Å². The van der Waals surface area contributed by atoms with Crippen LogP contribution < -0.4 is 5.32 Å². The van der Waals surface area contributed by atoms with Crippen LogP contribution >= 0.6 is 11.3 Å². The van der Waals surface area contributed by atoms with E-state index in [9.17, 15) is 5.11 Å². The van der Waals surface area contributed by atoms with E-state index >= 15 is 0 Å². The molecule has 1 atom stereocenters. The number of phenols is 1. The van der Waals surface area contributed by atoms with Crippen molar-refractivity contribution in [1.29, 1.82) is 0 Å². The highest BCUT2D eigenvalue weighted by Crippen LogP contribution is 2.32. The molecule has 20 heavy (non-hydrogen) atoms. The van der Waals surface area contributed by atoms with E-state index in [-0.39, 0.29) is 6.04 Å². The van der Waals surface area contributed by atoms with Gasteiger partial charge in [0.05, 0.1) is 16.4 Å². The molecule has 104 valence electrons. The Bertz CT molecular complexity index is 727. The van der Waals surface area contributed by atoms with Gasteiger partial charge in [-0.15, -0.1) is 0 Å². The normalized spacial score (nSPS) is 12.8. The van der Waals surface area contributed by atoms with Crippen molar-refractivity contribution in [3.8, 4) is 5.75 Å². The number of aromatic hydroxyl groups is 1. The molecule has 1 aromatic carbocycles. The molecule has 5 nitrogen and oxygen atoms in total. The quantitative estimate of drug-likeness (QED) is 0.777. The molecule has 0 saturated carbocycles. The maximum atomic E-state index is 9.88. The number of hydrogen-bond acceptors (Lipinski definition) is 5. The number of anilines is 1. The van der Waals surface area contributed by atoms with Gasteiger partial charge in [0.15, 0.2) is 10.8 Å². The van der Waals surface area contributed by atoms with Crippen molar-refractivity contribution >= 4 is 26.8 Å². The van der Waals surface area contributed by atoms with Crippen molar-refractivity contribution < 1.29 is 5.11 Å². The van der Waals surface area contributed by atoms with Crippen LogP contribution in [0, 0.1) is 6.92 Å². The molecular weight excluding hydrogens is 272 g/mol. The third kappa shape index (κ3) is 2.12. The van der Waals surface area contributed by atoms with Crippen LogP contribution in [0.25, 0.3) is 10.3 Å². The lowest BCUT2D eigenvalue weighted by atomic mass is 10.1. The Hall–Kier alpha value is -2.08. The van der Waals surface area contributed by atoms with Gasteiger partial charge < -0.3 is 10.4 Å². The number of phenolic OH excluding ortho intramolecular Hbond substituents is 1. The van der Waals surface area contributed by atoms with Crippen molar-refractivity contribution in [3.63, 3.8) is 0 Å². The lowest BCUT2D eigenvalue weighted by Gasteiger charge is -2.14. The number of nitrogens with one attached hydrogen (secondary N) is 1. The van der Waals surface area contributed by atoms with Crippen molar-refractivity contribution in [3.05, 3.63) is 35.5 Å². The Balaban J connectivity index is 1.89. The molecule has 0 fully saturated rings. The molecule has 0 amide bonds. The Morgan fingerprint density at radius 2 is 2.10 bits per heavy atom. The lowest BCUT2D eigenvalue weighted by Crippen LogP contribution is -2.06. The molecule has 0 bridgehead atoms. The largest absolute Gasteiger partial charge is 0.508 e. The van der Waals surface area contributed by atoms with Crippen LogP contribution in [0.2, 0.25) is 0 Å². The topological polar surface area (TPSA) is 63.0 Å². The molecule has 0 aliphatic carbocycles. The molecule has 2 heterocycles. The minimum atomic E-state index is -0.00923. The summed E-state index contributed by atoms with van der Waals surface area (Å²) in [5.41, 5.74) is 2.74. The average molecular weight is 288 g/mol. The van der Waals surface area contributed by atoms with Crippen LogP contribution in [-0.4, -0.2) is 19.9 Å². The standard InChI is InChI=1S/C14H16N4OS/c1-8(10-6-4-5-7-11(10)19)15-14-16-13-12(20-14)9(2)17-18(13)3/h4-8,19H,1-3H3,(H,15,16)/t8-/m0/s1. The summed E-state index contributed by atoms with van der Waals surface area (Å²) in [6.07, 6.45) is 0. The van der Waals surface area contributed by atoms with Crippen molar-refractivity contribution in [1.82, 2.24) is 14.8 Å². The summed E-state index contributed by atoms with van der Waals surface area (Å²) in [5.74, 6) is 0.298. The van der Waals surface area contributed by atoms with E-state index in [4.69, 9.17) is 0 Å². The fourth-order valence-electron chi connectivity index (χ4n) is 2.26. The van der Waals surface area contributed by atoms with Crippen LogP contribution in [0.15, 0.2) is 24.3 Å². The molecule has 2 N–H and O–H groups in total. The SMILES string of the molecule is Cc1nn(C)c2nc(N[C@@H](C)c3ccccc3O)sc12. The predicted molar refractivity (Wildman–Crippen MR) is 81.3 cm³/mol. The molecule has 0 spiro atoms. The molecule has 2 aromatic heterocycles. The first-order chi connectivity index (χ1) is 9.56. The molecule has 6 heteroatoms. The monoisotopic (exact) mass is 288 g/mol. The number of aromatic nitrogens is 3. The first-order valence-corrected chi connectivity index (χ1v) is 7.22. The van der Waals surface area contributed by atoms with E-state index in [0.717, 1.165) is 26.7 Å². The Labute approximate surface area is 120 Å². The molecular formula is C14H16N4OS. The summed E-state index contributed by atoms with van der Waals surface area (Å²) >= 11 is 1.59. The summed E-state index contributed by atoms with van der Waals surface area (Å²) in [7, 11) is 1.89. The fourth-order valence-corrected chi connectivity index (χ4v) is 3.28. The number of fused-ring (bicyclic) bond motifs is 1. The number of rotatable bonds is 3. The van der Waals surface area contributed by atoms with Gasteiger partial charge in [-0.3, -0.25) is 0 Å². The van der Waals surface area contributed by atoms with Gasteiger partial charge in [0.25, 0.3) is 0 Å². The van der Waals surface area contributed by atoms with Crippen molar-refractivity contribution in [2.45, 2.75) is 19.9 Å². The van der Waals surface area contributed by atoms with Gasteiger partial charge in [0.1, 0.15) is 5.75 Å². The van der Waals surface area contributed by atoms with Gasteiger partial charge in [-0.25, -0.2) is 9.67 Å². The first-order valence-electron chi connectivity index (χ1n) is 6.41. The van der Waals surface area contributed by atoms with Gasteiger partial charge in [-0.2, -0.15) is 5.10 Å². The van der Waals surface area contributed by atoms with Gasteiger partial charge in [0, 0.05) is 12.6 Å². The minimum absolute atomic E-state index is 0.00923. The number of aryl methyl sites for hydroxylation is 2. The Morgan fingerprint density at radius 3 is 2.80 bits per heavy atom. The maximum absolute atomic E-state index is 9.88. The molecule has 3 aromatic rings. The highest BCUT2D eigenvalue weighted by atomic mass is 32.1. The number of benzene rings is 1.